The van der Waals surface area contributed by atoms with Crippen molar-refractivity contribution in [2.24, 2.45) is 0 Å². The number of nitro benzene ring substituents is 1. The summed E-state index contributed by atoms with van der Waals surface area (Å²) in [6, 6.07) is 3.96. The maximum Gasteiger partial charge on any atom is 0.416 e. The Hall–Kier alpha value is -3.57. The summed E-state index contributed by atoms with van der Waals surface area (Å²) in [5.74, 6) is -1.04. The predicted octanol–water partition coefficient (Wildman–Crippen LogP) is 2.87. The number of ether oxygens (including phenoxy) is 1. The van der Waals surface area contributed by atoms with Gasteiger partial charge in [0.15, 0.2) is 6.61 Å². The second-order valence-corrected chi connectivity index (χ2v) is 5.82. The lowest BCUT2D eigenvalue weighted by Crippen LogP contribution is -2.33. The first-order chi connectivity index (χ1) is 13.6. The zero-order valence-electron chi connectivity index (χ0n) is 15.0. The number of anilines is 1. The maximum atomic E-state index is 12.7. The van der Waals surface area contributed by atoms with E-state index in [2.05, 4.69) is 10.6 Å². The number of esters is 1. The molecule has 0 fully saturated rings. The van der Waals surface area contributed by atoms with E-state index in [0.717, 1.165) is 6.07 Å². The third-order valence-electron chi connectivity index (χ3n) is 3.63. The van der Waals surface area contributed by atoms with Crippen molar-refractivity contribution in [2.45, 2.75) is 25.7 Å². The number of nitrogens with zero attached hydrogens (tertiary/aromatic N) is 1. The first-order valence-corrected chi connectivity index (χ1v) is 8.16. The van der Waals surface area contributed by atoms with E-state index in [-0.39, 0.29) is 12.2 Å². The number of nitro groups is 1. The maximum absolute atomic E-state index is 12.7. The summed E-state index contributed by atoms with van der Waals surface area (Å²) in [4.78, 5) is 33.7. The molecule has 2 rings (SSSR count). The van der Waals surface area contributed by atoms with E-state index >= 15 is 0 Å². The molecule has 12 heteroatoms. The van der Waals surface area contributed by atoms with E-state index in [1.165, 1.54) is 13.2 Å². The molecule has 9 nitrogen and oxygen atoms in total. The van der Waals surface area contributed by atoms with E-state index < -0.39 is 46.9 Å². The number of nitrogens with one attached hydrogen (secondary N) is 2. The van der Waals surface area contributed by atoms with Crippen molar-refractivity contribution in [2.75, 3.05) is 11.9 Å². The molecular weight excluding hydrogens is 399 g/mol. The summed E-state index contributed by atoms with van der Waals surface area (Å²) < 4.78 is 48.0. The normalized spacial score (nSPS) is 12.1. The smallest absolute Gasteiger partial charge is 0.416 e. The third-order valence-corrected chi connectivity index (χ3v) is 3.63. The van der Waals surface area contributed by atoms with Crippen LogP contribution in [0.4, 0.5) is 24.5 Å². The van der Waals surface area contributed by atoms with Crippen molar-refractivity contribution < 1.29 is 36.8 Å². The summed E-state index contributed by atoms with van der Waals surface area (Å²) in [5.41, 5.74) is -2.34. The van der Waals surface area contributed by atoms with Crippen LogP contribution in [0.3, 0.4) is 0 Å². The Balaban J connectivity index is 1.93. The summed E-state index contributed by atoms with van der Waals surface area (Å²) in [6.07, 6.45) is -3.33. The molecule has 1 amide bonds. The summed E-state index contributed by atoms with van der Waals surface area (Å²) in [6.45, 7) is 0.764. The number of halogens is 3. The van der Waals surface area contributed by atoms with Crippen LogP contribution in [-0.2, 0) is 27.0 Å². The molecule has 0 spiro atoms. The Labute approximate surface area is 162 Å². The molecule has 0 aliphatic rings. The van der Waals surface area contributed by atoms with Crippen LogP contribution in [0.25, 0.3) is 0 Å². The Bertz CT molecular complexity index is 883. The lowest BCUT2D eigenvalue weighted by Gasteiger charge is -2.15. The number of hydrogen-bond donors (Lipinski definition) is 2. The van der Waals surface area contributed by atoms with Crippen molar-refractivity contribution >= 4 is 23.3 Å². The van der Waals surface area contributed by atoms with E-state index in [4.69, 9.17) is 9.15 Å². The number of hydrogen-bond acceptors (Lipinski definition) is 7. The van der Waals surface area contributed by atoms with Crippen LogP contribution >= 0.6 is 0 Å². The molecule has 0 aliphatic heterocycles. The van der Waals surface area contributed by atoms with Crippen LogP contribution in [0.2, 0.25) is 0 Å². The van der Waals surface area contributed by atoms with Gasteiger partial charge in [-0.25, -0.2) is 4.79 Å². The van der Waals surface area contributed by atoms with Crippen molar-refractivity contribution in [3.8, 4) is 0 Å². The minimum Gasteiger partial charge on any atom is -0.467 e. The van der Waals surface area contributed by atoms with Gasteiger partial charge in [0.25, 0.3) is 11.6 Å². The lowest BCUT2D eigenvalue weighted by atomic mass is 10.1. The molecule has 0 bridgehead atoms. The van der Waals surface area contributed by atoms with Crippen molar-refractivity contribution in [1.29, 1.82) is 0 Å². The fourth-order valence-corrected chi connectivity index (χ4v) is 2.18. The number of carbonyl (C=O) groups excluding carboxylic acids is 2. The Morgan fingerprint density at radius 3 is 2.62 bits per heavy atom. The fourth-order valence-electron chi connectivity index (χ4n) is 2.18. The lowest BCUT2D eigenvalue weighted by molar-refractivity contribution is -0.384. The number of amides is 1. The van der Waals surface area contributed by atoms with E-state index in [0.29, 0.717) is 17.9 Å². The van der Waals surface area contributed by atoms with E-state index in [1.807, 2.05) is 0 Å². The number of rotatable bonds is 8. The highest BCUT2D eigenvalue weighted by Crippen LogP contribution is 2.35. The van der Waals surface area contributed by atoms with E-state index in [1.54, 1.807) is 12.1 Å². The quantitative estimate of drug-likeness (QED) is 0.386. The van der Waals surface area contributed by atoms with Gasteiger partial charge in [-0.05, 0) is 31.2 Å². The van der Waals surface area contributed by atoms with Gasteiger partial charge in [-0.3, -0.25) is 14.9 Å². The van der Waals surface area contributed by atoms with Crippen molar-refractivity contribution in [3.05, 3.63) is 58.0 Å². The molecule has 0 radical (unpaired) electrons. The van der Waals surface area contributed by atoms with Gasteiger partial charge in [-0.2, -0.15) is 13.2 Å². The second kappa shape index (κ2) is 9.08. The van der Waals surface area contributed by atoms with Crippen LogP contribution < -0.4 is 10.6 Å². The zero-order valence-corrected chi connectivity index (χ0v) is 15.0. The summed E-state index contributed by atoms with van der Waals surface area (Å²) in [5, 5.41) is 15.9. The van der Waals surface area contributed by atoms with Gasteiger partial charge in [0.1, 0.15) is 17.5 Å². The SMILES string of the molecule is CC(Nc1ccc(C(F)(F)F)cc1[N+](=O)[O-])C(=O)OCC(=O)NCc1ccco1. The first kappa shape index (κ1) is 21.7. The number of carbonyl (C=O) groups is 2. The van der Waals surface area contributed by atoms with Crippen molar-refractivity contribution in [3.63, 3.8) is 0 Å². The highest BCUT2D eigenvalue weighted by atomic mass is 19.4. The molecule has 1 atom stereocenters. The highest BCUT2D eigenvalue weighted by Gasteiger charge is 2.33. The molecule has 1 unspecified atom stereocenters. The Morgan fingerprint density at radius 1 is 1.31 bits per heavy atom. The minimum atomic E-state index is -4.75. The van der Waals surface area contributed by atoms with Gasteiger partial charge >= 0.3 is 12.1 Å². The highest BCUT2D eigenvalue weighted by molar-refractivity contribution is 5.84. The van der Waals surface area contributed by atoms with Gasteiger partial charge < -0.3 is 19.8 Å². The van der Waals surface area contributed by atoms with Gasteiger partial charge in [-0.1, -0.05) is 0 Å². The van der Waals surface area contributed by atoms with Crippen LogP contribution in [0, 0.1) is 10.1 Å². The molecule has 2 N–H and O–H groups in total. The predicted molar refractivity (Wildman–Crippen MR) is 92.7 cm³/mol. The van der Waals surface area contributed by atoms with Crippen LogP contribution in [0.1, 0.15) is 18.2 Å². The summed E-state index contributed by atoms with van der Waals surface area (Å²) >= 11 is 0. The van der Waals surface area contributed by atoms with Gasteiger partial charge in [0, 0.05) is 6.07 Å². The van der Waals surface area contributed by atoms with Crippen LogP contribution in [0.5, 0.6) is 0 Å². The first-order valence-electron chi connectivity index (χ1n) is 8.16. The second-order valence-electron chi connectivity index (χ2n) is 5.82. The molecule has 156 valence electrons. The summed E-state index contributed by atoms with van der Waals surface area (Å²) in [7, 11) is 0. The zero-order chi connectivity index (χ0) is 21.6. The van der Waals surface area contributed by atoms with Gasteiger partial charge in [0.2, 0.25) is 0 Å². The average Bonchev–Trinajstić information content (AvgIpc) is 3.17. The Kier molecular flexibility index (Phi) is 6.80. The largest absolute Gasteiger partial charge is 0.467 e. The van der Waals surface area contributed by atoms with Crippen LogP contribution in [0.15, 0.2) is 41.0 Å². The van der Waals surface area contributed by atoms with Gasteiger partial charge in [0.05, 0.1) is 23.3 Å². The fraction of sp³-hybridized carbons (Fsp3) is 0.294. The monoisotopic (exact) mass is 415 g/mol. The molecule has 1 heterocycles. The molecule has 1 aromatic heterocycles. The Morgan fingerprint density at radius 2 is 2.03 bits per heavy atom. The van der Waals surface area contributed by atoms with Crippen molar-refractivity contribution in [1.82, 2.24) is 5.32 Å². The molecule has 29 heavy (non-hydrogen) atoms. The van der Waals surface area contributed by atoms with E-state index in [9.17, 15) is 32.9 Å². The third kappa shape index (κ3) is 6.23. The molecular formula is C17H16F3N3O6. The van der Waals surface area contributed by atoms with Gasteiger partial charge in [-0.15, -0.1) is 0 Å². The minimum absolute atomic E-state index is 0.0922. The molecule has 2 aromatic rings. The van der Waals surface area contributed by atoms with Crippen LogP contribution in [-0.4, -0.2) is 29.4 Å². The molecule has 0 aliphatic carbocycles. The number of alkyl halides is 3. The average molecular weight is 415 g/mol. The standard InChI is InChI=1S/C17H16F3N3O6/c1-10(16(25)29-9-15(24)21-8-12-3-2-6-28-12)22-13-5-4-11(17(18,19)20)7-14(13)23(26)27/h2-7,10,22H,8-9H2,1H3,(H,21,24). The molecule has 1 aromatic carbocycles. The number of benzene rings is 1. The number of furan rings is 1. The molecule has 0 saturated carbocycles. The topological polar surface area (TPSA) is 124 Å². The molecule has 0 saturated heterocycles.